The molecular weight excluding hydrogens is 276 g/mol. The lowest BCUT2D eigenvalue weighted by molar-refractivity contribution is -0.136. The fraction of sp³-hybridized carbons (Fsp3) is 0.947. The molecule has 0 amide bonds. The molecule has 0 aromatic rings. The van der Waals surface area contributed by atoms with Crippen molar-refractivity contribution < 1.29 is 14.6 Å². The van der Waals surface area contributed by atoms with E-state index < -0.39 is 0 Å². The van der Waals surface area contributed by atoms with Crippen LogP contribution in [-0.4, -0.2) is 29.2 Å². The third kappa shape index (κ3) is 1.48. The molecule has 9 atom stereocenters. The first-order valence-corrected chi connectivity index (χ1v) is 9.32. The minimum absolute atomic E-state index is 0.0671. The maximum Gasteiger partial charge on any atom is 0.164 e. The zero-order chi connectivity index (χ0) is 15.3. The monoisotopic (exact) mass is 304 g/mol. The second kappa shape index (κ2) is 4.16. The maximum absolute atomic E-state index is 12.1. The van der Waals surface area contributed by atoms with Gasteiger partial charge < -0.3 is 9.84 Å². The third-order valence-corrected chi connectivity index (χ3v) is 8.78. The molecule has 1 saturated heterocycles. The molecule has 1 N–H and O–H groups in total. The van der Waals surface area contributed by atoms with Crippen LogP contribution in [0.2, 0.25) is 0 Å². The minimum atomic E-state index is -0.0955. The number of ketones is 1. The normalized spacial score (nSPS) is 62.7. The summed E-state index contributed by atoms with van der Waals surface area (Å²) in [5, 5.41) is 10.5. The molecule has 5 fully saturated rings. The Kier molecular flexibility index (Phi) is 2.64. The number of carbonyl (C=O) groups is 1. The van der Waals surface area contributed by atoms with Crippen LogP contribution < -0.4 is 0 Å². The molecule has 3 nitrogen and oxygen atoms in total. The van der Waals surface area contributed by atoms with Crippen LogP contribution in [0, 0.1) is 34.5 Å². The summed E-state index contributed by atoms with van der Waals surface area (Å²) in [5.41, 5.74) is 0.370. The minimum Gasteiger partial charge on any atom is -0.393 e. The highest BCUT2D eigenvalue weighted by atomic mass is 16.6. The zero-order valence-electron chi connectivity index (χ0n) is 13.8. The van der Waals surface area contributed by atoms with E-state index in [1.54, 1.807) is 0 Å². The van der Waals surface area contributed by atoms with Gasteiger partial charge in [0.15, 0.2) is 5.78 Å². The number of ether oxygens (including phenoxy) is 1. The number of epoxide rings is 1. The van der Waals surface area contributed by atoms with Gasteiger partial charge in [-0.05, 0) is 67.6 Å². The summed E-state index contributed by atoms with van der Waals surface area (Å²) in [6, 6.07) is 0. The fourth-order valence-electron chi connectivity index (χ4n) is 7.40. The van der Waals surface area contributed by atoms with Crippen LogP contribution >= 0.6 is 0 Å². The van der Waals surface area contributed by atoms with Crippen LogP contribution in [-0.2, 0) is 9.53 Å². The van der Waals surface area contributed by atoms with Crippen LogP contribution in [0.1, 0.15) is 58.8 Å². The van der Waals surface area contributed by atoms with Gasteiger partial charge in [0.05, 0.1) is 12.2 Å². The van der Waals surface area contributed by atoms with Gasteiger partial charge in [0, 0.05) is 11.8 Å². The smallest absolute Gasteiger partial charge is 0.164 e. The van der Waals surface area contributed by atoms with E-state index in [1.165, 1.54) is 25.7 Å². The van der Waals surface area contributed by atoms with E-state index >= 15 is 0 Å². The van der Waals surface area contributed by atoms with Crippen molar-refractivity contribution in [1.82, 2.24) is 0 Å². The Morgan fingerprint density at radius 2 is 1.91 bits per heavy atom. The van der Waals surface area contributed by atoms with Crippen molar-refractivity contribution >= 4 is 5.78 Å². The van der Waals surface area contributed by atoms with Crippen molar-refractivity contribution in [2.75, 3.05) is 0 Å². The Balaban J connectivity index is 1.50. The SMILES string of the molecule is C[C@]12C3OC3C(=O)C[C@@H]1CC[C@@H]1[C@@H]2CC[C@]2(C)C(O)CC[C@@H]12. The van der Waals surface area contributed by atoms with Crippen molar-refractivity contribution in [1.29, 1.82) is 0 Å². The molecule has 5 aliphatic rings. The van der Waals surface area contributed by atoms with Crippen LogP contribution in [0.4, 0.5) is 0 Å². The van der Waals surface area contributed by atoms with Crippen molar-refractivity contribution in [3.8, 4) is 0 Å². The van der Waals surface area contributed by atoms with Crippen LogP contribution in [0.15, 0.2) is 0 Å². The van der Waals surface area contributed by atoms with E-state index in [-0.39, 0.29) is 29.1 Å². The first-order valence-electron chi connectivity index (χ1n) is 9.32. The predicted octanol–water partition coefficient (Wildman–Crippen LogP) is 2.95. The molecule has 4 aliphatic carbocycles. The van der Waals surface area contributed by atoms with Gasteiger partial charge in [-0.3, -0.25) is 4.79 Å². The molecule has 0 spiro atoms. The Morgan fingerprint density at radius 1 is 1.09 bits per heavy atom. The lowest BCUT2D eigenvalue weighted by Crippen LogP contribution is -2.56. The first-order chi connectivity index (χ1) is 10.5. The average molecular weight is 304 g/mol. The van der Waals surface area contributed by atoms with Crippen LogP contribution in [0.5, 0.6) is 0 Å². The Morgan fingerprint density at radius 3 is 2.73 bits per heavy atom. The molecule has 122 valence electrons. The lowest BCUT2D eigenvalue weighted by atomic mass is 9.45. The molecular formula is C19H28O3. The highest BCUT2D eigenvalue weighted by molar-refractivity contribution is 5.87. The molecule has 22 heavy (non-hydrogen) atoms. The number of carbonyl (C=O) groups excluding carboxylic acids is 1. The standard InChI is InChI=1S/C19H28O3/c1-18-8-7-13-11(12(18)5-6-15(18)21)4-3-10-9-14(20)16-17(22-16)19(10,13)2/h10-13,15-17,21H,3-9H2,1-2H3/t10-,11-,12-,13-,15?,16?,17?,18-,19-/m0/s1. The summed E-state index contributed by atoms with van der Waals surface area (Å²) in [7, 11) is 0. The van der Waals surface area contributed by atoms with Crippen molar-refractivity contribution in [2.45, 2.75) is 77.1 Å². The lowest BCUT2D eigenvalue weighted by Gasteiger charge is -2.59. The molecule has 0 bridgehead atoms. The molecule has 4 saturated carbocycles. The summed E-state index contributed by atoms with van der Waals surface area (Å²) in [5.74, 6) is 3.05. The Hall–Kier alpha value is -0.410. The van der Waals surface area contributed by atoms with Gasteiger partial charge >= 0.3 is 0 Å². The number of hydrogen-bond acceptors (Lipinski definition) is 3. The predicted molar refractivity (Wildman–Crippen MR) is 82.2 cm³/mol. The molecule has 1 heterocycles. The zero-order valence-corrected chi connectivity index (χ0v) is 13.8. The number of hydrogen-bond donors (Lipinski definition) is 1. The largest absolute Gasteiger partial charge is 0.393 e. The van der Waals surface area contributed by atoms with E-state index in [0.29, 0.717) is 23.5 Å². The van der Waals surface area contributed by atoms with Gasteiger partial charge in [-0.15, -0.1) is 0 Å². The topological polar surface area (TPSA) is 49.8 Å². The highest BCUT2D eigenvalue weighted by Crippen LogP contribution is 2.68. The van der Waals surface area contributed by atoms with Crippen molar-refractivity contribution in [3.63, 3.8) is 0 Å². The number of Topliss-reactive ketones (excluding diaryl/α,β-unsaturated/α-hetero) is 1. The quantitative estimate of drug-likeness (QED) is 0.700. The average Bonchev–Trinajstić information content (AvgIpc) is 3.24. The highest BCUT2D eigenvalue weighted by Gasteiger charge is 2.69. The number of aliphatic hydroxyl groups is 1. The molecule has 3 heteroatoms. The van der Waals surface area contributed by atoms with Crippen LogP contribution in [0.3, 0.4) is 0 Å². The number of rotatable bonds is 0. The maximum atomic E-state index is 12.1. The Labute approximate surface area is 132 Å². The van der Waals surface area contributed by atoms with Crippen molar-refractivity contribution in [3.05, 3.63) is 0 Å². The summed E-state index contributed by atoms with van der Waals surface area (Å²) in [6.07, 6.45) is 7.84. The third-order valence-electron chi connectivity index (χ3n) is 8.78. The summed E-state index contributed by atoms with van der Waals surface area (Å²) in [4.78, 5) is 12.1. The van der Waals surface area contributed by atoms with Gasteiger partial charge in [0.25, 0.3) is 0 Å². The van der Waals surface area contributed by atoms with Gasteiger partial charge in [-0.2, -0.15) is 0 Å². The molecule has 1 aliphatic heterocycles. The summed E-state index contributed by atoms with van der Waals surface area (Å²) < 4.78 is 5.87. The van der Waals surface area contributed by atoms with Gasteiger partial charge in [0.1, 0.15) is 6.10 Å². The summed E-state index contributed by atoms with van der Waals surface area (Å²) >= 11 is 0. The van der Waals surface area contributed by atoms with Gasteiger partial charge in [-0.1, -0.05) is 13.8 Å². The molecule has 5 rings (SSSR count). The van der Waals surface area contributed by atoms with Gasteiger partial charge in [0.2, 0.25) is 0 Å². The summed E-state index contributed by atoms with van der Waals surface area (Å²) in [6.45, 7) is 4.76. The van der Waals surface area contributed by atoms with Gasteiger partial charge in [-0.25, -0.2) is 0 Å². The first kappa shape index (κ1) is 14.0. The second-order valence-electron chi connectivity index (χ2n) is 9.30. The van der Waals surface area contributed by atoms with Crippen LogP contribution in [0.25, 0.3) is 0 Å². The van der Waals surface area contributed by atoms with E-state index in [9.17, 15) is 9.90 Å². The van der Waals surface area contributed by atoms with E-state index in [2.05, 4.69) is 13.8 Å². The molecule has 0 radical (unpaired) electrons. The van der Waals surface area contributed by atoms with Crippen molar-refractivity contribution in [2.24, 2.45) is 34.5 Å². The van der Waals surface area contributed by atoms with E-state index in [0.717, 1.165) is 25.2 Å². The number of fused-ring (bicyclic) bond motifs is 7. The molecule has 3 unspecified atom stereocenters. The number of aliphatic hydroxyl groups excluding tert-OH is 1. The van der Waals surface area contributed by atoms with E-state index in [4.69, 9.17) is 4.74 Å². The second-order valence-corrected chi connectivity index (χ2v) is 9.30. The fourth-order valence-corrected chi connectivity index (χ4v) is 7.40. The van der Waals surface area contributed by atoms with E-state index in [1.807, 2.05) is 0 Å². The molecule has 0 aromatic carbocycles. The Bertz CT molecular complexity index is 531. The molecule has 0 aromatic heterocycles.